The third-order valence-electron chi connectivity index (χ3n) is 2.53. The zero-order valence-electron chi connectivity index (χ0n) is 11.0. The molecule has 1 rings (SSSR count). The SMILES string of the molecule is CCCNCc1ccc(OC)c(OC)c1OC. The Morgan fingerprint density at radius 2 is 1.71 bits per heavy atom. The Morgan fingerprint density at radius 3 is 2.24 bits per heavy atom. The van der Waals surface area contributed by atoms with E-state index < -0.39 is 0 Å². The van der Waals surface area contributed by atoms with Crippen LogP contribution in [-0.2, 0) is 6.54 Å². The van der Waals surface area contributed by atoms with E-state index in [9.17, 15) is 0 Å². The standard InChI is InChI=1S/C13H21NO3/c1-5-8-14-9-10-6-7-11(15-2)13(17-4)12(10)16-3/h6-7,14H,5,8-9H2,1-4H3. The molecular weight excluding hydrogens is 218 g/mol. The third-order valence-corrected chi connectivity index (χ3v) is 2.53. The van der Waals surface area contributed by atoms with Crippen molar-refractivity contribution in [3.63, 3.8) is 0 Å². The Kier molecular flexibility index (Phi) is 5.63. The van der Waals surface area contributed by atoms with Crippen LogP contribution >= 0.6 is 0 Å². The maximum Gasteiger partial charge on any atom is 0.203 e. The van der Waals surface area contributed by atoms with Crippen molar-refractivity contribution in [2.45, 2.75) is 19.9 Å². The number of ether oxygens (including phenoxy) is 3. The molecular formula is C13H21NO3. The topological polar surface area (TPSA) is 39.7 Å². The number of benzene rings is 1. The van der Waals surface area contributed by atoms with Gasteiger partial charge < -0.3 is 19.5 Å². The van der Waals surface area contributed by atoms with E-state index in [1.54, 1.807) is 21.3 Å². The molecule has 96 valence electrons. The second kappa shape index (κ2) is 7.01. The van der Waals surface area contributed by atoms with E-state index >= 15 is 0 Å². The fourth-order valence-electron chi connectivity index (χ4n) is 1.70. The van der Waals surface area contributed by atoms with E-state index in [1.807, 2.05) is 12.1 Å². The molecule has 1 N–H and O–H groups in total. The van der Waals surface area contributed by atoms with Crippen molar-refractivity contribution in [1.29, 1.82) is 0 Å². The molecule has 0 aliphatic carbocycles. The first-order valence-corrected chi connectivity index (χ1v) is 5.77. The molecule has 0 amide bonds. The van der Waals surface area contributed by atoms with E-state index in [0.717, 1.165) is 30.8 Å². The summed E-state index contributed by atoms with van der Waals surface area (Å²) in [6.07, 6.45) is 1.11. The highest BCUT2D eigenvalue weighted by atomic mass is 16.5. The molecule has 0 spiro atoms. The van der Waals surface area contributed by atoms with Crippen LogP contribution in [0.4, 0.5) is 0 Å². The summed E-state index contributed by atoms with van der Waals surface area (Å²) in [5, 5.41) is 3.34. The van der Waals surface area contributed by atoms with Crippen LogP contribution in [0.2, 0.25) is 0 Å². The number of rotatable bonds is 7. The minimum absolute atomic E-state index is 0.644. The van der Waals surface area contributed by atoms with E-state index in [4.69, 9.17) is 14.2 Å². The van der Waals surface area contributed by atoms with Crippen molar-refractivity contribution in [2.75, 3.05) is 27.9 Å². The molecule has 0 heterocycles. The van der Waals surface area contributed by atoms with Gasteiger partial charge in [-0.1, -0.05) is 13.0 Å². The first-order valence-electron chi connectivity index (χ1n) is 5.77. The quantitative estimate of drug-likeness (QED) is 0.741. The summed E-state index contributed by atoms with van der Waals surface area (Å²) in [6.45, 7) is 3.88. The zero-order chi connectivity index (χ0) is 12.7. The maximum atomic E-state index is 5.40. The monoisotopic (exact) mass is 239 g/mol. The summed E-state index contributed by atoms with van der Waals surface area (Å²) >= 11 is 0. The normalized spacial score (nSPS) is 10.1. The number of methoxy groups -OCH3 is 3. The third kappa shape index (κ3) is 3.27. The summed E-state index contributed by atoms with van der Waals surface area (Å²) in [5.74, 6) is 2.06. The lowest BCUT2D eigenvalue weighted by Gasteiger charge is -2.15. The average Bonchev–Trinajstić information content (AvgIpc) is 2.38. The van der Waals surface area contributed by atoms with Gasteiger partial charge in [-0.15, -0.1) is 0 Å². The van der Waals surface area contributed by atoms with E-state index in [1.165, 1.54) is 0 Å². The molecule has 4 heteroatoms. The van der Waals surface area contributed by atoms with Gasteiger partial charge in [0.25, 0.3) is 0 Å². The van der Waals surface area contributed by atoms with Gasteiger partial charge in [0.15, 0.2) is 11.5 Å². The summed E-state index contributed by atoms with van der Waals surface area (Å²) in [5.41, 5.74) is 1.07. The first-order chi connectivity index (χ1) is 8.28. The van der Waals surface area contributed by atoms with Gasteiger partial charge in [0.1, 0.15) is 0 Å². The van der Waals surface area contributed by atoms with Crippen molar-refractivity contribution < 1.29 is 14.2 Å². The van der Waals surface area contributed by atoms with Crippen LogP contribution in [0.25, 0.3) is 0 Å². The Balaban J connectivity index is 2.97. The fourth-order valence-corrected chi connectivity index (χ4v) is 1.70. The summed E-state index contributed by atoms with van der Waals surface area (Å²) < 4.78 is 16.0. The largest absolute Gasteiger partial charge is 0.493 e. The van der Waals surface area contributed by atoms with Crippen molar-refractivity contribution >= 4 is 0 Å². The highest BCUT2D eigenvalue weighted by Gasteiger charge is 2.14. The van der Waals surface area contributed by atoms with Crippen molar-refractivity contribution in [2.24, 2.45) is 0 Å². The van der Waals surface area contributed by atoms with Crippen LogP contribution in [0.1, 0.15) is 18.9 Å². The van der Waals surface area contributed by atoms with Gasteiger partial charge >= 0.3 is 0 Å². The molecule has 4 nitrogen and oxygen atoms in total. The zero-order valence-corrected chi connectivity index (χ0v) is 11.0. The molecule has 0 unspecified atom stereocenters. The van der Waals surface area contributed by atoms with Crippen molar-refractivity contribution in [3.05, 3.63) is 17.7 Å². The highest BCUT2D eigenvalue weighted by molar-refractivity contribution is 5.55. The predicted octanol–water partition coefficient (Wildman–Crippen LogP) is 2.21. The molecule has 0 bridgehead atoms. The average molecular weight is 239 g/mol. The smallest absolute Gasteiger partial charge is 0.203 e. The second-order valence-corrected chi connectivity index (χ2v) is 3.67. The molecule has 0 aliphatic rings. The first kappa shape index (κ1) is 13.6. The van der Waals surface area contributed by atoms with Gasteiger partial charge in [0, 0.05) is 12.1 Å². The van der Waals surface area contributed by atoms with E-state index in [-0.39, 0.29) is 0 Å². The highest BCUT2D eigenvalue weighted by Crippen LogP contribution is 2.39. The number of hydrogen-bond acceptors (Lipinski definition) is 4. The van der Waals surface area contributed by atoms with E-state index in [0.29, 0.717) is 11.5 Å². The minimum atomic E-state index is 0.644. The Bertz CT molecular complexity index is 353. The lowest BCUT2D eigenvalue weighted by atomic mass is 10.1. The predicted molar refractivity (Wildman–Crippen MR) is 68.1 cm³/mol. The lowest BCUT2D eigenvalue weighted by Crippen LogP contribution is -2.14. The van der Waals surface area contributed by atoms with Gasteiger partial charge in [-0.2, -0.15) is 0 Å². The molecule has 0 saturated carbocycles. The van der Waals surface area contributed by atoms with Gasteiger partial charge in [-0.3, -0.25) is 0 Å². The molecule has 1 aromatic carbocycles. The lowest BCUT2D eigenvalue weighted by molar-refractivity contribution is 0.321. The van der Waals surface area contributed by atoms with Crippen LogP contribution in [0.3, 0.4) is 0 Å². The summed E-state index contributed by atoms with van der Waals surface area (Å²) in [4.78, 5) is 0. The van der Waals surface area contributed by atoms with Crippen LogP contribution in [-0.4, -0.2) is 27.9 Å². The maximum absolute atomic E-state index is 5.40. The van der Waals surface area contributed by atoms with Gasteiger partial charge in [0.2, 0.25) is 5.75 Å². The van der Waals surface area contributed by atoms with Crippen LogP contribution in [0.5, 0.6) is 17.2 Å². The van der Waals surface area contributed by atoms with Crippen LogP contribution < -0.4 is 19.5 Å². The molecule has 0 aliphatic heterocycles. The van der Waals surface area contributed by atoms with Crippen LogP contribution in [0, 0.1) is 0 Å². The van der Waals surface area contributed by atoms with Crippen molar-refractivity contribution in [1.82, 2.24) is 5.32 Å². The Morgan fingerprint density at radius 1 is 1.00 bits per heavy atom. The Hall–Kier alpha value is -1.42. The molecule has 1 aromatic rings. The molecule has 0 radical (unpaired) electrons. The fraction of sp³-hybridized carbons (Fsp3) is 0.538. The van der Waals surface area contributed by atoms with Gasteiger partial charge in [0.05, 0.1) is 21.3 Å². The van der Waals surface area contributed by atoms with E-state index in [2.05, 4.69) is 12.2 Å². The van der Waals surface area contributed by atoms with Crippen LogP contribution in [0.15, 0.2) is 12.1 Å². The van der Waals surface area contributed by atoms with Gasteiger partial charge in [-0.05, 0) is 19.0 Å². The summed E-state index contributed by atoms with van der Waals surface area (Å²) in [6, 6.07) is 3.88. The molecule has 0 saturated heterocycles. The molecule has 17 heavy (non-hydrogen) atoms. The molecule has 0 fully saturated rings. The second-order valence-electron chi connectivity index (χ2n) is 3.67. The molecule has 0 aromatic heterocycles. The van der Waals surface area contributed by atoms with Gasteiger partial charge in [-0.25, -0.2) is 0 Å². The minimum Gasteiger partial charge on any atom is -0.493 e. The van der Waals surface area contributed by atoms with Crippen molar-refractivity contribution in [3.8, 4) is 17.2 Å². The summed E-state index contributed by atoms with van der Waals surface area (Å²) in [7, 11) is 4.87. The number of nitrogens with one attached hydrogen (secondary N) is 1. The number of hydrogen-bond donors (Lipinski definition) is 1. The Labute approximate surface area is 103 Å². The molecule has 0 atom stereocenters.